The summed E-state index contributed by atoms with van der Waals surface area (Å²) in [6, 6.07) is 5.01. The van der Waals surface area contributed by atoms with Gasteiger partial charge in [0, 0.05) is 37.2 Å². The second-order valence-electron chi connectivity index (χ2n) is 5.54. The van der Waals surface area contributed by atoms with Crippen molar-refractivity contribution in [2.45, 2.75) is 0 Å². The molecule has 0 unspecified atom stereocenters. The van der Waals surface area contributed by atoms with Crippen LogP contribution in [0.5, 0.6) is 0 Å². The molecular weight excluding hydrogens is 342 g/mol. The largest absolute Gasteiger partial charge is 0.397 e. The average Bonchev–Trinajstić information content (AvgIpc) is 3.12. The smallest absolute Gasteiger partial charge is 0.275 e. The number of nitrogens with zero attached hydrogens (tertiary/aromatic N) is 3. The van der Waals surface area contributed by atoms with Gasteiger partial charge in [0.15, 0.2) is 5.13 Å². The lowest BCUT2D eigenvalue weighted by atomic mass is 10.2. The SMILES string of the molecule is NNc1ccc(NC(=O)c2csc(N3CCN(C=O)CC3)n2)cc1N. The van der Waals surface area contributed by atoms with Crippen LogP contribution in [0.2, 0.25) is 0 Å². The van der Waals surface area contributed by atoms with Crippen LogP contribution in [0.3, 0.4) is 0 Å². The number of thiazole rings is 1. The van der Waals surface area contributed by atoms with Crippen LogP contribution in [0.25, 0.3) is 0 Å². The number of carbonyl (C=O) groups excluding carboxylic acids is 2. The Bertz CT molecular complexity index is 771. The van der Waals surface area contributed by atoms with E-state index in [0.29, 0.717) is 48.9 Å². The molecule has 0 radical (unpaired) electrons. The molecular formula is C15H19N7O2S. The van der Waals surface area contributed by atoms with Crippen LogP contribution in [-0.2, 0) is 4.79 Å². The second-order valence-corrected chi connectivity index (χ2v) is 6.38. The first-order valence-electron chi connectivity index (χ1n) is 7.68. The van der Waals surface area contributed by atoms with Gasteiger partial charge in [0.25, 0.3) is 5.91 Å². The van der Waals surface area contributed by atoms with Crippen molar-refractivity contribution in [1.29, 1.82) is 0 Å². The Hall–Kier alpha value is -2.85. The van der Waals surface area contributed by atoms with Crippen LogP contribution in [0.1, 0.15) is 10.5 Å². The van der Waals surface area contributed by atoms with Crippen molar-refractivity contribution >= 4 is 45.8 Å². The predicted molar refractivity (Wildman–Crippen MR) is 98.6 cm³/mol. The van der Waals surface area contributed by atoms with Gasteiger partial charge in [0.1, 0.15) is 5.69 Å². The molecule has 2 heterocycles. The fourth-order valence-electron chi connectivity index (χ4n) is 2.50. The standard InChI is InChI=1S/C15H19N7O2S/c16-11-7-10(1-2-12(11)20-17)18-14(24)13-8-25-15(19-13)22-5-3-21(9-23)4-6-22/h1-2,7-9,20H,3-6,16-17H2,(H,18,24). The number of benzene rings is 1. The van der Waals surface area contributed by atoms with Crippen molar-refractivity contribution in [3.05, 3.63) is 29.3 Å². The lowest BCUT2D eigenvalue weighted by Crippen LogP contribution is -2.45. The van der Waals surface area contributed by atoms with Gasteiger partial charge in [-0.2, -0.15) is 0 Å². The minimum Gasteiger partial charge on any atom is -0.397 e. The molecule has 0 bridgehead atoms. The molecule has 2 amide bonds. The molecule has 1 fully saturated rings. The second kappa shape index (κ2) is 7.36. The van der Waals surface area contributed by atoms with Gasteiger partial charge in [-0.05, 0) is 18.2 Å². The van der Waals surface area contributed by atoms with Crippen molar-refractivity contribution in [2.24, 2.45) is 5.84 Å². The maximum absolute atomic E-state index is 12.4. The normalized spacial score (nSPS) is 14.3. The molecule has 0 spiro atoms. The highest BCUT2D eigenvalue weighted by atomic mass is 32.1. The van der Waals surface area contributed by atoms with E-state index >= 15 is 0 Å². The number of piperazine rings is 1. The summed E-state index contributed by atoms with van der Waals surface area (Å²) in [7, 11) is 0. The number of nitrogen functional groups attached to an aromatic ring is 2. The van der Waals surface area contributed by atoms with E-state index in [-0.39, 0.29) is 5.91 Å². The van der Waals surface area contributed by atoms with Gasteiger partial charge < -0.3 is 26.3 Å². The van der Waals surface area contributed by atoms with Crippen molar-refractivity contribution in [1.82, 2.24) is 9.88 Å². The van der Waals surface area contributed by atoms with Crippen molar-refractivity contribution < 1.29 is 9.59 Å². The first-order valence-corrected chi connectivity index (χ1v) is 8.56. The van der Waals surface area contributed by atoms with E-state index in [1.807, 2.05) is 0 Å². The van der Waals surface area contributed by atoms with Crippen LogP contribution in [-0.4, -0.2) is 48.4 Å². The summed E-state index contributed by atoms with van der Waals surface area (Å²) in [6.07, 6.45) is 0.856. The van der Waals surface area contributed by atoms with E-state index in [9.17, 15) is 9.59 Å². The first-order chi connectivity index (χ1) is 12.1. The predicted octanol–water partition coefficient (Wildman–Crippen LogP) is 0.542. The molecule has 1 saturated heterocycles. The molecule has 6 N–H and O–H groups in total. The van der Waals surface area contributed by atoms with Gasteiger partial charge in [-0.1, -0.05) is 0 Å². The molecule has 1 aromatic carbocycles. The number of hydrazine groups is 1. The lowest BCUT2D eigenvalue weighted by molar-refractivity contribution is -0.118. The zero-order valence-electron chi connectivity index (χ0n) is 13.4. The number of rotatable bonds is 5. The molecule has 2 aromatic rings. The molecule has 0 atom stereocenters. The summed E-state index contributed by atoms with van der Waals surface area (Å²) in [5.41, 5.74) is 10.2. The molecule has 10 heteroatoms. The van der Waals surface area contributed by atoms with Crippen LogP contribution < -0.4 is 27.2 Å². The fourth-order valence-corrected chi connectivity index (χ4v) is 3.36. The number of hydrogen-bond acceptors (Lipinski definition) is 8. The number of carbonyl (C=O) groups is 2. The molecule has 0 aliphatic carbocycles. The van der Waals surface area contributed by atoms with E-state index < -0.39 is 0 Å². The molecule has 1 aliphatic rings. The first kappa shape index (κ1) is 17.0. The Morgan fingerprint density at radius 3 is 2.68 bits per heavy atom. The number of hydrogen-bond donors (Lipinski definition) is 4. The Labute approximate surface area is 148 Å². The Morgan fingerprint density at radius 2 is 2.04 bits per heavy atom. The number of anilines is 4. The van der Waals surface area contributed by atoms with Crippen molar-refractivity contribution in [3.63, 3.8) is 0 Å². The van der Waals surface area contributed by atoms with Gasteiger partial charge in [-0.3, -0.25) is 15.4 Å². The molecule has 1 aromatic heterocycles. The third-order valence-corrected chi connectivity index (χ3v) is 4.82. The Morgan fingerprint density at radius 1 is 1.28 bits per heavy atom. The van der Waals surface area contributed by atoms with Gasteiger partial charge >= 0.3 is 0 Å². The summed E-state index contributed by atoms with van der Waals surface area (Å²) in [6.45, 7) is 2.73. The highest BCUT2D eigenvalue weighted by molar-refractivity contribution is 7.14. The van der Waals surface area contributed by atoms with Gasteiger partial charge in [-0.25, -0.2) is 4.98 Å². The van der Waals surface area contributed by atoms with Crippen LogP contribution >= 0.6 is 11.3 Å². The topological polar surface area (TPSA) is 130 Å². The fraction of sp³-hybridized carbons (Fsp3) is 0.267. The Kier molecular flexibility index (Phi) is 5.00. The van der Waals surface area contributed by atoms with Gasteiger partial charge in [0.2, 0.25) is 6.41 Å². The highest BCUT2D eigenvalue weighted by Crippen LogP contribution is 2.24. The zero-order chi connectivity index (χ0) is 17.8. The monoisotopic (exact) mass is 361 g/mol. The summed E-state index contributed by atoms with van der Waals surface area (Å²) < 4.78 is 0. The van der Waals surface area contributed by atoms with Gasteiger partial charge in [0.05, 0.1) is 11.4 Å². The third-order valence-electron chi connectivity index (χ3n) is 3.92. The van der Waals surface area contributed by atoms with Crippen molar-refractivity contribution in [2.75, 3.05) is 47.6 Å². The molecule has 25 heavy (non-hydrogen) atoms. The number of nitrogens with two attached hydrogens (primary N) is 2. The van der Waals surface area contributed by atoms with Crippen molar-refractivity contribution in [3.8, 4) is 0 Å². The maximum atomic E-state index is 12.4. The summed E-state index contributed by atoms with van der Waals surface area (Å²) >= 11 is 1.41. The highest BCUT2D eigenvalue weighted by Gasteiger charge is 2.20. The van der Waals surface area contributed by atoms with E-state index in [2.05, 4.69) is 20.6 Å². The number of aromatic nitrogens is 1. The van der Waals surface area contributed by atoms with Gasteiger partial charge in [-0.15, -0.1) is 11.3 Å². The maximum Gasteiger partial charge on any atom is 0.275 e. The molecule has 0 saturated carbocycles. The summed E-state index contributed by atoms with van der Waals surface area (Å²) in [5.74, 6) is 5.03. The average molecular weight is 361 g/mol. The zero-order valence-corrected chi connectivity index (χ0v) is 14.3. The van der Waals surface area contributed by atoms with Crippen LogP contribution in [0.15, 0.2) is 23.6 Å². The number of amides is 2. The van der Waals surface area contributed by atoms with E-state index in [1.54, 1.807) is 28.5 Å². The minimum absolute atomic E-state index is 0.304. The quantitative estimate of drug-likeness (QED) is 0.265. The summed E-state index contributed by atoms with van der Waals surface area (Å²) in [5, 5.41) is 5.26. The van der Waals surface area contributed by atoms with E-state index in [4.69, 9.17) is 11.6 Å². The molecule has 9 nitrogen and oxygen atoms in total. The molecule has 132 valence electrons. The molecule has 1 aliphatic heterocycles. The number of nitrogens with one attached hydrogen (secondary N) is 2. The van der Waals surface area contributed by atoms with E-state index in [0.717, 1.165) is 11.5 Å². The van der Waals surface area contributed by atoms with Crippen LogP contribution in [0.4, 0.5) is 22.2 Å². The van der Waals surface area contributed by atoms with E-state index in [1.165, 1.54) is 11.3 Å². The van der Waals surface area contributed by atoms with Crippen LogP contribution in [0, 0.1) is 0 Å². The Balaban J connectivity index is 1.64. The minimum atomic E-state index is -0.304. The summed E-state index contributed by atoms with van der Waals surface area (Å²) in [4.78, 5) is 31.3. The third kappa shape index (κ3) is 3.80. The molecule has 3 rings (SSSR count). The lowest BCUT2D eigenvalue weighted by Gasteiger charge is -2.32.